The number of aldehydes is 1. The van der Waals surface area contributed by atoms with Gasteiger partial charge in [-0.1, -0.05) is 49.3 Å². The average Bonchev–Trinajstić information content (AvgIpc) is 3.40. The van der Waals surface area contributed by atoms with Gasteiger partial charge in [0.15, 0.2) is 6.29 Å². The Morgan fingerprint density at radius 2 is 1.79 bits per heavy atom. The van der Waals surface area contributed by atoms with Gasteiger partial charge in [-0.2, -0.15) is 5.10 Å². The second-order valence-electron chi connectivity index (χ2n) is 11.8. The number of hydrogen-bond donors (Lipinski definition) is 1. The topological polar surface area (TPSA) is 55.1 Å². The summed E-state index contributed by atoms with van der Waals surface area (Å²) in [6, 6.07) is 8.29. The van der Waals surface area contributed by atoms with Crippen LogP contribution in [0.5, 0.6) is 0 Å². The largest absolute Gasteiger partial charge is 0.393 e. The number of carbonyl (C=O) groups is 1. The molecule has 2 aromatic rings. The van der Waals surface area contributed by atoms with Crippen LogP contribution in [0, 0.1) is 35.5 Å². The number of allylic oxidation sites excluding steroid dienone is 3. The van der Waals surface area contributed by atoms with Gasteiger partial charge in [-0.3, -0.25) is 4.79 Å². The molecule has 1 N–H and O–H groups in total. The van der Waals surface area contributed by atoms with Crippen molar-refractivity contribution >= 4 is 11.9 Å². The highest BCUT2D eigenvalue weighted by Gasteiger charge is 2.57. The lowest BCUT2D eigenvalue weighted by Crippen LogP contribution is -2.49. The number of aliphatic hydroxyl groups is 1. The molecule has 6 rings (SSSR count). The smallest absolute Gasteiger partial charge is 0.153 e. The minimum absolute atomic E-state index is 0.0568. The Balaban J connectivity index is 1.33. The van der Waals surface area contributed by atoms with Crippen LogP contribution in [0.3, 0.4) is 0 Å². The molecule has 1 aromatic carbocycles. The van der Waals surface area contributed by atoms with E-state index in [-0.39, 0.29) is 16.9 Å². The molecule has 2 fully saturated rings. The maximum atomic E-state index is 12.1. The number of fused-ring (bicyclic) bond motifs is 5. The summed E-state index contributed by atoms with van der Waals surface area (Å²) >= 11 is 0. The van der Waals surface area contributed by atoms with Gasteiger partial charge in [-0.25, -0.2) is 4.68 Å². The summed E-state index contributed by atoms with van der Waals surface area (Å²) in [5.41, 5.74) is 6.86. The van der Waals surface area contributed by atoms with Crippen molar-refractivity contribution in [3.63, 3.8) is 0 Å². The fourth-order valence-electron chi connectivity index (χ4n) is 8.09. The minimum atomic E-state index is -0.158. The molecule has 4 aliphatic rings. The van der Waals surface area contributed by atoms with E-state index >= 15 is 0 Å². The Labute approximate surface area is 202 Å². The highest BCUT2D eigenvalue weighted by Crippen LogP contribution is 2.66. The first-order chi connectivity index (χ1) is 16.3. The molecule has 4 aliphatic carbocycles. The zero-order valence-corrected chi connectivity index (χ0v) is 20.6. The van der Waals surface area contributed by atoms with Crippen molar-refractivity contribution in [2.24, 2.45) is 28.6 Å². The summed E-state index contributed by atoms with van der Waals surface area (Å²) in [7, 11) is 0. The number of rotatable bonds is 3. The Bertz CT molecular complexity index is 1190. The molecule has 0 saturated heterocycles. The molecule has 1 heterocycles. The Hall–Kier alpha value is -2.46. The number of nitrogens with zero attached hydrogens (tertiary/aromatic N) is 2. The van der Waals surface area contributed by atoms with E-state index in [0.717, 1.165) is 56.2 Å². The molecule has 34 heavy (non-hydrogen) atoms. The van der Waals surface area contributed by atoms with Crippen LogP contribution in [-0.4, -0.2) is 27.3 Å². The van der Waals surface area contributed by atoms with Crippen molar-refractivity contribution in [1.82, 2.24) is 9.78 Å². The first-order valence-electron chi connectivity index (χ1n) is 13.0. The monoisotopic (exact) mass is 456 g/mol. The number of benzene rings is 1. The van der Waals surface area contributed by atoms with E-state index < -0.39 is 0 Å². The van der Waals surface area contributed by atoms with Gasteiger partial charge in [-0.15, -0.1) is 0 Å². The summed E-state index contributed by atoms with van der Waals surface area (Å²) in [6.07, 6.45) is 15.1. The zero-order valence-electron chi connectivity index (χ0n) is 20.6. The molecule has 0 aliphatic heterocycles. The van der Waals surface area contributed by atoms with Crippen LogP contribution in [0.4, 0.5) is 0 Å². The number of carbonyl (C=O) groups excluding carboxylic acids is 1. The SMILES string of the molecule is Cc1ccc(-n2cc(C=O)c(C3=CC[C@H]4[C@@H]5CC=C6C[C@@H](O)CC[C@]6(C)[C@H]5CC[C@]34C)n2)cc1. The Morgan fingerprint density at radius 1 is 1.03 bits per heavy atom. The first kappa shape index (κ1) is 22.0. The van der Waals surface area contributed by atoms with Crippen LogP contribution in [0.1, 0.15) is 80.4 Å². The van der Waals surface area contributed by atoms with Gasteiger partial charge < -0.3 is 5.11 Å². The molecule has 1 aromatic heterocycles. The number of aryl methyl sites for hydroxylation is 1. The average molecular weight is 457 g/mol. The molecule has 4 heteroatoms. The summed E-state index contributed by atoms with van der Waals surface area (Å²) < 4.78 is 1.87. The fraction of sp³-hybridized carbons (Fsp3) is 0.533. The highest BCUT2D eigenvalue weighted by molar-refractivity contribution is 5.86. The molecule has 2 saturated carbocycles. The van der Waals surface area contributed by atoms with Crippen molar-refractivity contribution in [3.05, 3.63) is 65.0 Å². The lowest BCUT2D eigenvalue weighted by molar-refractivity contribution is -0.0238. The van der Waals surface area contributed by atoms with Crippen LogP contribution < -0.4 is 0 Å². The fourth-order valence-corrected chi connectivity index (χ4v) is 8.09. The van der Waals surface area contributed by atoms with Crippen molar-refractivity contribution in [2.45, 2.75) is 71.8 Å². The van der Waals surface area contributed by atoms with Crippen molar-refractivity contribution in [3.8, 4) is 5.69 Å². The van der Waals surface area contributed by atoms with Crippen molar-refractivity contribution in [1.29, 1.82) is 0 Å². The Kier molecular flexibility index (Phi) is 5.04. The molecular formula is C30H36N2O2. The molecule has 0 unspecified atom stereocenters. The quantitative estimate of drug-likeness (QED) is 0.435. The summed E-state index contributed by atoms with van der Waals surface area (Å²) in [4.78, 5) is 12.1. The summed E-state index contributed by atoms with van der Waals surface area (Å²) in [6.45, 7) is 6.98. The molecule has 6 atom stereocenters. The van der Waals surface area contributed by atoms with Gasteiger partial charge in [0.2, 0.25) is 0 Å². The van der Waals surface area contributed by atoms with Gasteiger partial charge in [0.25, 0.3) is 0 Å². The Morgan fingerprint density at radius 3 is 2.56 bits per heavy atom. The second kappa shape index (κ2) is 7.78. The van der Waals surface area contributed by atoms with Crippen LogP contribution in [0.15, 0.2) is 48.2 Å². The molecule has 178 valence electrons. The summed E-state index contributed by atoms with van der Waals surface area (Å²) in [5, 5.41) is 15.2. The first-order valence-corrected chi connectivity index (χ1v) is 13.0. The van der Waals surface area contributed by atoms with E-state index in [1.165, 1.54) is 23.1 Å². The lowest BCUT2D eigenvalue weighted by Gasteiger charge is -2.57. The molecule has 0 spiro atoms. The van der Waals surface area contributed by atoms with Gasteiger partial charge >= 0.3 is 0 Å². The summed E-state index contributed by atoms with van der Waals surface area (Å²) in [5.74, 6) is 1.95. The van der Waals surface area contributed by atoms with Gasteiger partial charge in [0.1, 0.15) is 0 Å². The molecule has 0 amide bonds. The highest BCUT2D eigenvalue weighted by atomic mass is 16.3. The van der Waals surface area contributed by atoms with Crippen LogP contribution in [-0.2, 0) is 0 Å². The number of aromatic nitrogens is 2. The van der Waals surface area contributed by atoms with Crippen molar-refractivity contribution < 1.29 is 9.90 Å². The van der Waals surface area contributed by atoms with E-state index in [4.69, 9.17) is 5.10 Å². The number of aliphatic hydroxyl groups excluding tert-OH is 1. The van der Waals surface area contributed by atoms with E-state index in [1.807, 2.05) is 10.9 Å². The van der Waals surface area contributed by atoms with E-state index in [9.17, 15) is 9.90 Å². The molecule has 4 nitrogen and oxygen atoms in total. The lowest BCUT2D eigenvalue weighted by atomic mass is 9.47. The van der Waals surface area contributed by atoms with Crippen molar-refractivity contribution in [2.75, 3.05) is 0 Å². The maximum absolute atomic E-state index is 12.1. The normalized spacial score (nSPS) is 36.7. The van der Waals surface area contributed by atoms with E-state index in [0.29, 0.717) is 23.3 Å². The van der Waals surface area contributed by atoms with Gasteiger partial charge in [0, 0.05) is 6.20 Å². The van der Waals surface area contributed by atoms with Crippen LogP contribution >= 0.6 is 0 Å². The third-order valence-corrected chi connectivity index (χ3v) is 10.1. The minimum Gasteiger partial charge on any atom is -0.393 e. The second-order valence-corrected chi connectivity index (χ2v) is 11.8. The predicted molar refractivity (Wildman–Crippen MR) is 135 cm³/mol. The molecule has 0 radical (unpaired) electrons. The standard InChI is InChI=1S/C30H36N2O2/c1-19-4-7-22(8-5-19)32-17-20(18-33)28(31-32)27-11-10-25-24-9-6-21-16-23(34)12-14-29(21,2)26(24)13-15-30(25,27)3/h4-8,11,17-18,23-26,34H,9-10,12-16H2,1-3H3/t23-,24-,25-,26-,29-,30-/m0/s1. The van der Waals surface area contributed by atoms with E-state index in [1.54, 1.807) is 0 Å². The van der Waals surface area contributed by atoms with Gasteiger partial charge in [-0.05, 0) is 98.2 Å². The van der Waals surface area contributed by atoms with Crippen LogP contribution in [0.25, 0.3) is 11.3 Å². The predicted octanol–water partition coefficient (Wildman–Crippen LogP) is 6.31. The van der Waals surface area contributed by atoms with Crippen LogP contribution in [0.2, 0.25) is 0 Å². The number of hydrogen-bond acceptors (Lipinski definition) is 3. The third kappa shape index (κ3) is 3.14. The molecule has 0 bridgehead atoms. The maximum Gasteiger partial charge on any atom is 0.153 e. The van der Waals surface area contributed by atoms with Gasteiger partial charge in [0.05, 0.1) is 23.0 Å². The molecular weight excluding hydrogens is 420 g/mol. The zero-order chi connectivity index (χ0) is 23.7. The van der Waals surface area contributed by atoms with E-state index in [2.05, 4.69) is 57.2 Å². The third-order valence-electron chi connectivity index (χ3n) is 10.1.